The topological polar surface area (TPSA) is 84.2 Å². The Kier molecular flexibility index (Phi) is 5.16. The molecular formula is C17H21N3O3. The zero-order valence-corrected chi connectivity index (χ0v) is 13.5. The van der Waals surface area contributed by atoms with Crippen LogP contribution in [0.1, 0.15) is 22.5 Å². The molecule has 0 aliphatic rings. The molecule has 2 aromatic rings. The van der Waals surface area contributed by atoms with Gasteiger partial charge in [-0.2, -0.15) is 5.10 Å². The molecule has 0 bridgehead atoms. The van der Waals surface area contributed by atoms with Crippen molar-refractivity contribution in [2.75, 3.05) is 0 Å². The van der Waals surface area contributed by atoms with Gasteiger partial charge in [-0.15, -0.1) is 0 Å². The molecule has 0 fully saturated rings. The Morgan fingerprint density at radius 2 is 1.91 bits per heavy atom. The fourth-order valence-electron chi connectivity index (χ4n) is 2.53. The van der Waals surface area contributed by atoms with Gasteiger partial charge in [-0.3, -0.25) is 9.48 Å². The quantitative estimate of drug-likeness (QED) is 0.844. The number of hydrogen-bond donors (Lipinski definition) is 2. The maximum atomic E-state index is 12.2. The van der Waals surface area contributed by atoms with Gasteiger partial charge in [0.1, 0.15) is 6.04 Å². The zero-order valence-electron chi connectivity index (χ0n) is 13.5. The van der Waals surface area contributed by atoms with Gasteiger partial charge in [0.2, 0.25) is 5.91 Å². The van der Waals surface area contributed by atoms with Gasteiger partial charge in [-0.1, -0.05) is 30.3 Å². The lowest BCUT2D eigenvalue weighted by atomic mass is 10.0. The van der Waals surface area contributed by atoms with Gasteiger partial charge >= 0.3 is 5.97 Å². The fourth-order valence-corrected chi connectivity index (χ4v) is 2.53. The van der Waals surface area contributed by atoms with E-state index in [9.17, 15) is 14.7 Å². The van der Waals surface area contributed by atoms with Crippen LogP contribution in [0.5, 0.6) is 0 Å². The number of carbonyl (C=O) groups excluding carboxylic acids is 1. The van der Waals surface area contributed by atoms with Crippen LogP contribution in [-0.2, 0) is 29.5 Å². The molecule has 2 rings (SSSR count). The Morgan fingerprint density at radius 1 is 1.26 bits per heavy atom. The second-order valence-electron chi connectivity index (χ2n) is 5.60. The Hall–Kier alpha value is -2.63. The van der Waals surface area contributed by atoms with Crippen molar-refractivity contribution < 1.29 is 14.7 Å². The van der Waals surface area contributed by atoms with Crippen molar-refractivity contribution in [2.24, 2.45) is 7.05 Å². The van der Waals surface area contributed by atoms with E-state index in [1.807, 2.05) is 51.2 Å². The lowest BCUT2D eigenvalue weighted by Crippen LogP contribution is -2.43. The highest BCUT2D eigenvalue weighted by Gasteiger charge is 2.22. The zero-order chi connectivity index (χ0) is 17.0. The van der Waals surface area contributed by atoms with Gasteiger partial charge in [-0.25, -0.2) is 4.79 Å². The maximum Gasteiger partial charge on any atom is 0.326 e. The summed E-state index contributed by atoms with van der Waals surface area (Å²) >= 11 is 0. The minimum absolute atomic E-state index is 0.129. The monoisotopic (exact) mass is 315 g/mol. The number of amides is 1. The number of nitrogens with zero attached hydrogens (tertiary/aromatic N) is 2. The van der Waals surface area contributed by atoms with Gasteiger partial charge in [0.25, 0.3) is 0 Å². The van der Waals surface area contributed by atoms with Gasteiger partial charge in [0.15, 0.2) is 0 Å². The van der Waals surface area contributed by atoms with E-state index in [-0.39, 0.29) is 18.7 Å². The molecule has 1 atom stereocenters. The van der Waals surface area contributed by atoms with E-state index >= 15 is 0 Å². The number of rotatable bonds is 6. The third-order valence-electron chi connectivity index (χ3n) is 3.91. The van der Waals surface area contributed by atoms with Gasteiger partial charge in [-0.05, 0) is 19.4 Å². The summed E-state index contributed by atoms with van der Waals surface area (Å²) in [6.45, 7) is 3.73. The molecule has 1 heterocycles. The summed E-state index contributed by atoms with van der Waals surface area (Å²) in [7, 11) is 1.82. The molecule has 0 spiro atoms. The average molecular weight is 315 g/mol. The van der Waals surface area contributed by atoms with Crippen molar-refractivity contribution in [3.63, 3.8) is 0 Å². The first-order valence-electron chi connectivity index (χ1n) is 7.43. The molecule has 23 heavy (non-hydrogen) atoms. The molecule has 1 aromatic heterocycles. The third-order valence-corrected chi connectivity index (χ3v) is 3.91. The van der Waals surface area contributed by atoms with Crippen LogP contribution in [0.25, 0.3) is 0 Å². The second-order valence-corrected chi connectivity index (χ2v) is 5.60. The number of aliphatic carboxylic acids is 1. The smallest absolute Gasteiger partial charge is 0.326 e. The van der Waals surface area contributed by atoms with E-state index in [0.29, 0.717) is 0 Å². The number of carbonyl (C=O) groups is 2. The highest BCUT2D eigenvalue weighted by atomic mass is 16.4. The van der Waals surface area contributed by atoms with Crippen LogP contribution in [0, 0.1) is 13.8 Å². The summed E-state index contributed by atoms with van der Waals surface area (Å²) in [6.07, 6.45) is 0.386. The van der Waals surface area contributed by atoms with Crippen molar-refractivity contribution in [1.29, 1.82) is 0 Å². The number of aryl methyl sites for hydroxylation is 2. The van der Waals surface area contributed by atoms with Crippen LogP contribution in [0.3, 0.4) is 0 Å². The number of hydrogen-bond acceptors (Lipinski definition) is 3. The van der Waals surface area contributed by atoms with Crippen molar-refractivity contribution in [3.8, 4) is 0 Å². The summed E-state index contributed by atoms with van der Waals surface area (Å²) in [5.74, 6) is -1.35. The molecule has 122 valence electrons. The molecule has 1 aromatic carbocycles. The molecule has 0 saturated carbocycles. The van der Waals surface area contributed by atoms with E-state index < -0.39 is 12.0 Å². The van der Waals surface area contributed by atoms with E-state index in [1.165, 1.54) is 0 Å². The largest absolute Gasteiger partial charge is 0.480 e. The van der Waals surface area contributed by atoms with E-state index in [4.69, 9.17) is 0 Å². The van der Waals surface area contributed by atoms with Crippen molar-refractivity contribution in [1.82, 2.24) is 15.1 Å². The number of nitrogens with one attached hydrogen (secondary N) is 1. The van der Waals surface area contributed by atoms with E-state index in [0.717, 1.165) is 22.5 Å². The molecule has 1 amide bonds. The summed E-state index contributed by atoms with van der Waals surface area (Å²) in [6, 6.07) is 8.31. The van der Waals surface area contributed by atoms with Crippen molar-refractivity contribution >= 4 is 11.9 Å². The number of carboxylic acid groups (broad SMARTS) is 1. The first-order valence-corrected chi connectivity index (χ1v) is 7.43. The minimum Gasteiger partial charge on any atom is -0.480 e. The molecule has 6 nitrogen and oxygen atoms in total. The Labute approximate surface area is 135 Å². The SMILES string of the molecule is Cc1nn(C)c(C)c1CC(=O)N[C@H](Cc1ccccc1)C(=O)O. The average Bonchev–Trinajstić information content (AvgIpc) is 2.74. The van der Waals surface area contributed by atoms with Crippen LogP contribution in [0.2, 0.25) is 0 Å². The first-order chi connectivity index (χ1) is 10.9. The summed E-state index contributed by atoms with van der Waals surface area (Å²) in [5.41, 5.74) is 3.41. The van der Waals surface area contributed by atoms with Gasteiger partial charge in [0.05, 0.1) is 12.1 Å². The molecule has 6 heteroatoms. The van der Waals surface area contributed by atoms with Crippen LogP contribution in [-0.4, -0.2) is 32.8 Å². The molecule has 0 aliphatic heterocycles. The predicted octanol–water partition coefficient (Wildman–Crippen LogP) is 1.39. The fraction of sp³-hybridized carbons (Fsp3) is 0.353. The van der Waals surface area contributed by atoms with E-state index in [1.54, 1.807) is 4.68 Å². The third kappa shape index (κ3) is 4.18. The standard InChI is InChI=1S/C17H21N3O3/c1-11-14(12(2)20(3)19-11)10-16(21)18-15(17(22)23)9-13-7-5-4-6-8-13/h4-8,15H,9-10H2,1-3H3,(H,18,21)(H,22,23)/t15-/m1/s1. The number of carboxylic acids is 1. The van der Waals surface area contributed by atoms with Crippen molar-refractivity contribution in [2.45, 2.75) is 32.7 Å². The van der Waals surface area contributed by atoms with E-state index in [2.05, 4.69) is 10.4 Å². The predicted molar refractivity (Wildman–Crippen MR) is 86.1 cm³/mol. The van der Waals surface area contributed by atoms with Crippen LogP contribution < -0.4 is 5.32 Å². The molecule has 0 unspecified atom stereocenters. The molecule has 0 saturated heterocycles. The van der Waals surface area contributed by atoms with Crippen LogP contribution in [0.4, 0.5) is 0 Å². The lowest BCUT2D eigenvalue weighted by Gasteiger charge is -2.15. The molecule has 0 aliphatic carbocycles. The lowest BCUT2D eigenvalue weighted by molar-refractivity contribution is -0.141. The minimum atomic E-state index is -1.04. The highest BCUT2D eigenvalue weighted by Crippen LogP contribution is 2.13. The van der Waals surface area contributed by atoms with Gasteiger partial charge in [0, 0.05) is 24.7 Å². The second kappa shape index (κ2) is 7.09. The Balaban J connectivity index is 2.05. The van der Waals surface area contributed by atoms with Crippen LogP contribution >= 0.6 is 0 Å². The normalized spacial score (nSPS) is 12.0. The number of benzene rings is 1. The maximum absolute atomic E-state index is 12.2. The number of aromatic nitrogens is 2. The highest BCUT2D eigenvalue weighted by molar-refractivity contribution is 5.85. The van der Waals surface area contributed by atoms with Crippen molar-refractivity contribution in [3.05, 3.63) is 52.8 Å². The summed E-state index contributed by atoms with van der Waals surface area (Å²) in [4.78, 5) is 23.6. The first kappa shape index (κ1) is 16.7. The Morgan fingerprint density at radius 3 is 2.43 bits per heavy atom. The molecule has 2 N–H and O–H groups in total. The van der Waals surface area contributed by atoms with Gasteiger partial charge < -0.3 is 10.4 Å². The molecule has 0 radical (unpaired) electrons. The summed E-state index contributed by atoms with van der Waals surface area (Å²) in [5, 5.41) is 16.2. The summed E-state index contributed by atoms with van der Waals surface area (Å²) < 4.78 is 1.72. The Bertz CT molecular complexity index is 707. The van der Waals surface area contributed by atoms with Crippen LogP contribution in [0.15, 0.2) is 30.3 Å². The molecular weight excluding hydrogens is 294 g/mol.